The molecule has 0 aliphatic heterocycles. The zero-order chi connectivity index (χ0) is 19.0. The molecule has 0 unspecified atom stereocenters. The van der Waals surface area contributed by atoms with Crippen LogP contribution in [0.1, 0.15) is 10.5 Å². The summed E-state index contributed by atoms with van der Waals surface area (Å²) in [5.41, 5.74) is -1.19. The summed E-state index contributed by atoms with van der Waals surface area (Å²) in [5, 5.41) is 0. The molecular formula is C13H10F5N3O3S. The van der Waals surface area contributed by atoms with Gasteiger partial charge in [0.15, 0.2) is 5.75 Å². The molecule has 0 spiro atoms. The van der Waals surface area contributed by atoms with Crippen LogP contribution >= 0.6 is 0 Å². The fraction of sp³-hybridized carbons (Fsp3) is 0.231. The Morgan fingerprint density at radius 1 is 1.24 bits per heavy atom. The molecule has 1 heterocycles. The fourth-order valence-electron chi connectivity index (χ4n) is 1.96. The first-order valence-corrected chi connectivity index (χ1v) is 8.14. The Hall–Kier alpha value is -2.50. The highest BCUT2D eigenvalue weighted by Gasteiger charge is 2.36. The van der Waals surface area contributed by atoms with Gasteiger partial charge in [-0.25, -0.2) is 26.9 Å². The summed E-state index contributed by atoms with van der Waals surface area (Å²) < 4.78 is 88.8. The van der Waals surface area contributed by atoms with Crippen LogP contribution < -0.4 is 4.72 Å². The number of aromatic nitrogens is 2. The Kier molecular flexibility index (Phi) is 4.84. The highest BCUT2D eigenvalue weighted by atomic mass is 32.2. The van der Waals surface area contributed by atoms with Gasteiger partial charge in [-0.1, -0.05) is 6.07 Å². The number of nitrogens with zero attached hydrogens (tertiary/aromatic N) is 2. The number of rotatable bonds is 4. The van der Waals surface area contributed by atoms with Gasteiger partial charge in [-0.15, -0.1) is 0 Å². The molecule has 0 radical (unpaired) electrons. The molecular weight excluding hydrogens is 373 g/mol. The Morgan fingerprint density at radius 2 is 1.80 bits per heavy atom. The maximum atomic E-state index is 13.8. The van der Waals surface area contributed by atoms with Gasteiger partial charge in [-0.2, -0.15) is 13.2 Å². The number of halogens is 5. The van der Waals surface area contributed by atoms with Crippen molar-refractivity contribution in [3.8, 4) is 11.4 Å². The van der Waals surface area contributed by atoms with Crippen molar-refractivity contribution < 1.29 is 35.2 Å². The van der Waals surface area contributed by atoms with E-state index in [0.717, 1.165) is 29.0 Å². The summed E-state index contributed by atoms with van der Waals surface area (Å²) in [5.74, 6) is -6.01. The van der Waals surface area contributed by atoms with Crippen molar-refractivity contribution in [1.82, 2.24) is 14.3 Å². The van der Waals surface area contributed by atoms with Crippen molar-refractivity contribution in [2.24, 2.45) is 7.05 Å². The van der Waals surface area contributed by atoms with Gasteiger partial charge >= 0.3 is 6.18 Å². The molecule has 136 valence electrons. The van der Waals surface area contributed by atoms with Crippen molar-refractivity contribution in [3.63, 3.8) is 0 Å². The largest absolute Gasteiger partial charge is 0.404 e. The molecule has 1 aromatic heterocycles. The van der Waals surface area contributed by atoms with Crippen molar-refractivity contribution >= 4 is 15.9 Å². The number of carbonyl (C=O) groups excluding carboxylic acids is 1. The number of imidazole rings is 1. The van der Waals surface area contributed by atoms with E-state index in [1.54, 1.807) is 0 Å². The van der Waals surface area contributed by atoms with Gasteiger partial charge in [0.1, 0.15) is 23.2 Å². The summed E-state index contributed by atoms with van der Waals surface area (Å²) in [4.78, 5) is 15.4. The minimum absolute atomic E-state index is 0.339. The molecule has 0 aliphatic rings. The lowest BCUT2D eigenvalue weighted by Crippen LogP contribution is -2.37. The third-order valence-electron chi connectivity index (χ3n) is 2.90. The molecule has 2 rings (SSSR count). The third kappa shape index (κ3) is 4.53. The normalized spacial score (nSPS) is 12.2. The maximum Gasteiger partial charge on any atom is 0.404 e. The van der Waals surface area contributed by atoms with Crippen LogP contribution in [0.2, 0.25) is 0 Å². The topological polar surface area (TPSA) is 81.1 Å². The molecule has 0 saturated heterocycles. The van der Waals surface area contributed by atoms with Crippen LogP contribution in [0.25, 0.3) is 11.4 Å². The Balaban J connectivity index is 2.33. The van der Waals surface area contributed by atoms with E-state index in [9.17, 15) is 35.2 Å². The van der Waals surface area contributed by atoms with Gasteiger partial charge in [-0.05, 0) is 12.1 Å². The lowest BCUT2D eigenvalue weighted by atomic mass is 10.2. The van der Waals surface area contributed by atoms with Gasteiger partial charge in [0, 0.05) is 13.2 Å². The van der Waals surface area contributed by atoms with E-state index in [1.807, 2.05) is 0 Å². The summed E-state index contributed by atoms with van der Waals surface area (Å²) >= 11 is 0. The maximum absolute atomic E-state index is 13.8. The summed E-state index contributed by atoms with van der Waals surface area (Å²) in [6, 6.07) is 3.00. The Morgan fingerprint density at radius 3 is 2.32 bits per heavy atom. The Bertz CT molecular complexity index is 901. The minimum Gasteiger partial charge on any atom is -0.333 e. The number of hydrogen-bond acceptors (Lipinski definition) is 4. The van der Waals surface area contributed by atoms with Crippen molar-refractivity contribution in [1.29, 1.82) is 0 Å². The SMILES string of the molecule is Cn1cc(C(=O)NS(=O)(=O)CC(F)(F)F)nc1-c1c(F)cccc1F. The van der Waals surface area contributed by atoms with Gasteiger partial charge in [-0.3, -0.25) is 4.79 Å². The van der Waals surface area contributed by atoms with E-state index >= 15 is 0 Å². The van der Waals surface area contributed by atoms with Gasteiger partial charge in [0.2, 0.25) is 10.0 Å². The summed E-state index contributed by atoms with van der Waals surface area (Å²) in [7, 11) is -3.72. The highest BCUT2D eigenvalue weighted by molar-refractivity contribution is 7.90. The molecule has 2 aromatic rings. The number of alkyl halides is 3. The van der Waals surface area contributed by atoms with E-state index in [-0.39, 0.29) is 5.82 Å². The molecule has 1 amide bonds. The van der Waals surface area contributed by atoms with E-state index in [4.69, 9.17) is 0 Å². The van der Waals surface area contributed by atoms with Crippen LogP contribution in [0.3, 0.4) is 0 Å². The molecule has 0 aliphatic carbocycles. The number of benzene rings is 1. The van der Waals surface area contributed by atoms with Crippen molar-refractivity contribution in [3.05, 3.63) is 41.7 Å². The van der Waals surface area contributed by atoms with Crippen molar-refractivity contribution in [2.45, 2.75) is 6.18 Å². The quantitative estimate of drug-likeness (QED) is 0.819. The molecule has 6 nitrogen and oxygen atoms in total. The van der Waals surface area contributed by atoms with Crippen LogP contribution in [0, 0.1) is 11.6 Å². The highest BCUT2D eigenvalue weighted by Crippen LogP contribution is 2.25. The zero-order valence-corrected chi connectivity index (χ0v) is 13.3. The van der Waals surface area contributed by atoms with E-state index in [2.05, 4.69) is 4.98 Å². The number of nitrogens with one attached hydrogen (secondary N) is 1. The molecule has 25 heavy (non-hydrogen) atoms. The van der Waals surface area contributed by atoms with Gasteiger partial charge in [0.05, 0.1) is 5.56 Å². The summed E-state index contributed by atoms with van der Waals surface area (Å²) in [6.07, 6.45) is -4.11. The number of sulfonamides is 1. The fourth-order valence-corrected chi connectivity index (χ4v) is 2.85. The third-order valence-corrected chi connectivity index (χ3v) is 4.10. The summed E-state index contributed by atoms with van der Waals surface area (Å²) in [6.45, 7) is 0. The minimum atomic E-state index is -5.04. The van der Waals surface area contributed by atoms with Crippen LogP contribution in [0.15, 0.2) is 24.4 Å². The van der Waals surface area contributed by atoms with Gasteiger partial charge in [0.25, 0.3) is 5.91 Å². The Labute approximate surface area is 138 Å². The second-order valence-electron chi connectivity index (χ2n) is 4.96. The van der Waals surface area contributed by atoms with Gasteiger partial charge < -0.3 is 4.57 Å². The van der Waals surface area contributed by atoms with Crippen LogP contribution in [0.4, 0.5) is 22.0 Å². The standard InChI is InChI=1S/C13H10F5N3O3S/c1-21-5-9(12(22)20-25(23,24)6-13(16,17)18)19-11(21)10-7(14)3-2-4-8(10)15/h2-5H,6H2,1H3,(H,20,22). The van der Waals surface area contributed by atoms with Crippen LogP contribution in [0.5, 0.6) is 0 Å². The molecule has 0 atom stereocenters. The van der Waals surface area contributed by atoms with Crippen LogP contribution in [-0.4, -0.2) is 35.8 Å². The number of carbonyl (C=O) groups is 1. The lowest BCUT2D eigenvalue weighted by Gasteiger charge is -2.07. The molecule has 12 heteroatoms. The smallest absolute Gasteiger partial charge is 0.333 e. The molecule has 0 saturated carbocycles. The predicted octanol–water partition coefficient (Wildman–Crippen LogP) is 1.99. The van der Waals surface area contributed by atoms with Crippen molar-refractivity contribution in [2.75, 3.05) is 5.75 Å². The molecule has 1 aromatic carbocycles. The average molecular weight is 383 g/mol. The lowest BCUT2D eigenvalue weighted by molar-refractivity contribution is -0.106. The number of aryl methyl sites for hydroxylation is 1. The first-order valence-electron chi connectivity index (χ1n) is 6.49. The molecule has 0 bridgehead atoms. The number of hydrogen-bond donors (Lipinski definition) is 1. The second-order valence-corrected chi connectivity index (χ2v) is 6.69. The first kappa shape index (κ1) is 18.8. The van der Waals surface area contributed by atoms with E-state index in [1.165, 1.54) is 11.8 Å². The number of amides is 1. The monoisotopic (exact) mass is 383 g/mol. The predicted molar refractivity (Wildman–Crippen MR) is 75.9 cm³/mol. The van der Waals surface area contributed by atoms with E-state index in [0.29, 0.717) is 0 Å². The first-order chi connectivity index (χ1) is 11.4. The van der Waals surface area contributed by atoms with Crippen LogP contribution in [-0.2, 0) is 17.1 Å². The second kappa shape index (κ2) is 6.43. The molecule has 1 N–H and O–H groups in total. The average Bonchev–Trinajstić information content (AvgIpc) is 2.77. The van der Waals surface area contributed by atoms with E-state index < -0.39 is 50.8 Å². The molecule has 0 fully saturated rings. The zero-order valence-electron chi connectivity index (χ0n) is 12.4.